The van der Waals surface area contributed by atoms with Gasteiger partial charge in [0.25, 0.3) is 5.91 Å². The van der Waals surface area contributed by atoms with Crippen molar-refractivity contribution in [3.05, 3.63) is 82.4 Å². The second-order valence-electron chi connectivity index (χ2n) is 10.8. The van der Waals surface area contributed by atoms with E-state index in [1.807, 2.05) is 0 Å². The summed E-state index contributed by atoms with van der Waals surface area (Å²) in [6.45, 7) is -0.473. The number of hydrogen-bond donors (Lipinski definition) is 2. The first-order valence-electron chi connectivity index (χ1n) is 13.4. The van der Waals surface area contributed by atoms with Crippen LogP contribution < -0.4 is 20.5 Å². The molecule has 0 spiro atoms. The number of fused-ring (bicyclic) bond motifs is 2. The van der Waals surface area contributed by atoms with Crippen LogP contribution in [0, 0.1) is 17.5 Å². The number of nitrogens with one attached hydrogen (secondary N) is 1. The molecule has 8 nitrogen and oxygen atoms in total. The molecule has 0 fully saturated rings. The smallest absolute Gasteiger partial charge is 0.417 e. The summed E-state index contributed by atoms with van der Waals surface area (Å²) in [4.78, 5) is 33.0. The van der Waals surface area contributed by atoms with E-state index in [1.165, 1.54) is 6.92 Å². The minimum atomic E-state index is -5.16. The first-order chi connectivity index (χ1) is 21.9. The number of aromatic nitrogens is 2. The van der Waals surface area contributed by atoms with Crippen LogP contribution in [0.1, 0.15) is 40.0 Å². The second kappa shape index (κ2) is 11.6. The number of benzene rings is 2. The van der Waals surface area contributed by atoms with Crippen LogP contribution in [-0.4, -0.2) is 48.2 Å². The number of methoxy groups -OCH3 is 1. The van der Waals surface area contributed by atoms with E-state index in [1.54, 1.807) is 0 Å². The van der Waals surface area contributed by atoms with E-state index in [2.05, 4.69) is 15.3 Å². The molecule has 17 heteroatoms. The van der Waals surface area contributed by atoms with E-state index in [4.69, 9.17) is 15.2 Å². The minimum Gasteiger partial charge on any atom is -0.494 e. The lowest BCUT2D eigenvalue weighted by Crippen LogP contribution is -2.40. The van der Waals surface area contributed by atoms with Crippen molar-refractivity contribution < 1.29 is 58.6 Å². The maximum atomic E-state index is 14.9. The van der Waals surface area contributed by atoms with Crippen LogP contribution in [0.25, 0.3) is 22.2 Å². The first kappa shape index (κ1) is 33.3. The lowest BCUT2D eigenvalue weighted by molar-refractivity contribution is -0.149. The highest BCUT2D eigenvalue weighted by atomic mass is 19.4. The molecule has 248 valence electrons. The summed E-state index contributed by atoms with van der Waals surface area (Å²) in [5, 5.41) is 1.87. The number of pyridine rings is 2. The Balaban J connectivity index is 1.57. The molecule has 0 saturated heterocycles. The third kappa shape index (κ3) is 5.96. The zero-order valence-electron chi connectivity index (χ0n) is 24.0. The SMILES string of the molecule is COc1cc(C(=O)NCC(c2cc3c(c(-c4ccc(F)c(F)c4F)n2)OC[C@]3(C)C(N)=O)C(F)(F)F)cc2cc(C(F)(F)F)cnc12. The van der Waals surface area contributed by atoms with Gasteiger partial charge in [0.2, 0.25) is 5.91 Å². The lowest BCUT2D eigenvalue weighted by atomic mass is 9.82. The molecule has 1 aliphatic heterocycles. The number of primary amides is 1. The van der Waals surface area contributed by atoms with Gasteiger partial charge in [-0.25, -0.2) is 18.2 Å². The molecule has 2 atom stereocenters. The molecule has 0 radical (unpaired) electrons. The van der Waals surface area contributed by atoms with Gasteiger partial charge in [-0.15, -0.1) is 0 Å². The molecule has 1 unspecified atom stereocenters. The van der Waals surface area contributed by atoms with E-state index in [0.29, 0.717) is 18.3 Å². The number of alkyl halides is 6. The van der Waals surface area contributed by atoms with E-state index in [0.717, 1.165) is 31.4 Å². The molecule has 5 rings (SSSR count). The number of amides is 2. The van der Waals surface area contributed by atoms with Crippen LogP contribution in [0.15, 0.2) is 42.6 Å². The Labute approximate surface area is 258 Å². The first-order valence-corrected chi connectivity index (χ1v) is 13.4. The van der Waals surface area contributed by atoms with Crippen LogP contribution in [-0.2, 0) is 16.4 Å². The number of hydrogen-bond acceptors (Lipinski definition) is 6. The van der Waals surface area contributed by atoms with Crippen molar-refractivity contribution in [1.29, 1.82) is 0 Å². The molecule has 2 aromatic carbocycles. The monoisotopic (exact) mass is 672 g/mol. The Hall–Kier alpha value is -5.09. The number of ether oxygens (including phenoxy) is 2. The predicted octanol–water partition coefficient (Wildman–Crippen LogP) is 5.95. The van der Waals surface area contributed by atoms with Gasteiger partial charge in [0.15, 0.2) is 17.5 Å². The maximum absolute atomic E-state index is 14.9. The molecule has 1 aliphatic rings. The fourth-order valence-corrected chi connectivity index (χ4v) is 5.02. The topological polar surface area (TPSA) is 116 Å². The van der Waals surface area contributed by atoms with E-state index in [-0.39, 0.29) is 33.5 Å². The van der Waals surface area contributed by atoms with Gasteiger partial charge in [0.1, 0.15) is 40.6 Å². The van der Waals surface area contributed by atoms with E-state index in [9.17, 15) is 49.1 Å². The van der Waals surface area contributed by atoms with E-state index >= 15 is 0 Å². The number of rotatable bonds is 7. The van der Waals surface area contributed by atoms with E-state index < -0.39 is 88.6 Å². The van der Waals surface area contributed by atoms with Crippen molar-refractivity contribution in [2.75, 3.05) is 20.3 Å². The van der Waals surface area contributed by atoms with Crippen LogP contribution in [0.3, 0.4) is 0 Å². The molecule has 0 bridgehead atoms. The van der Waals surface area contributed by atoms with Crippen LogP contribution >= 0.6 is 0 Å². The Morgan fingerprint density at radius 1 is 1.06 bits per heavy atom. The molecule has 2 amide bonds. The lowest BCUT2D eigenvalue weighted by Gasteiger charge is -2.24. The normalized spacial score (nSPS) is 16.8. The van der Waals surface area contributed by atoms with Gasteiger partial charge in [-0.1, -0.05) is 0 Å². The van der Waals surface area contributed by atoms with Gasteiger partial charge in [0, 0.05) is 34.8 Å². The Kier molecular flexibility index (Phi) is 8.22. The van der Waals surface area contributed by atoms with Crippen molar-refractivity contribution in [2.24, 2.45) is 5.73 Å². The summed E-state index contributed by atoms with van der Waals surface area (Å²) >= 11 is 0. The van der Waals surface area contributed by atoms with Crippen LogP contribution in [0.4, 0.5) is 39.5 Å². The van der Waals surface area contributed by atoms with Gasteiger partial charge in [-0.05, 0) is 43.3 Å². The molecule has 47 heavy (non-hydrogen) atoms. The zero-order chi connectivity index (χ0) is 34.6. The molecule has 3 N–H and O–H groups in total. The number of carbonyl (C=O) groups excluding carboxylic acids is 2. The molecule has 4 aromatic rings. The Morgan fingerprint density at radius 2 is 1.77 bits per heavy atom. The molecule has 0 saturated carbocycles. The number of halogens is 9. The fraction of sp³-hybridized carbons (Fsp3) is 0.267. The van der Waals surface area contributed by atoms with Crippen molar-refractivity contribution in [3.63, 3.8) is 0 Å². The highest BCUT2D eigenvalue weighted by Gasteiger charge is 2.47. The highest BCUT2D eigenvalue weighted by molar-refractivity contribution is 6.00. The average molecular weight is 673 g/mol. The second-order valence-corrected chi connectivity index (χ2v) is 10.8. The van der Waals surface area contributed by atoms with Crippen molar-refractivity contribution in [3.8, 4) is 22.8 Å². The summed E-state index contributed by atoms with van der Waals surface area (Å²) in [6.07, 6.45) is -9.39. The molecule has 0 aliphatic carbocycles. The van der Waals surface area contributed by atoms with Gasteiger partial charge >= 0.3 is 12.4 Å². The van der Waals surface area contributed by atoms with Gasteiger partial charge < -0.3 is 20.5 Å². The summed E-state index contributed by atoms with van der Waals surface area (Å²) < 4.78 is 137. The van der Waals surface area contributed by atoms with Crippen LogP contribution in [0.5, 0.6) is 11.5 Å². The molecular weight excluding hydrogens is 651 g/mol. The van der Waals surface area contributed by atoms with Crippen molar-refractivity contribution in [1.82, 2.24) is 15.3 Å². The summed E-state index contributed by atoms with van der Waals surface area (Å²) in [5.41, 5.74) is -0.415. The molecular formula is C30H21F9N4O4. The fourth-order valence-electron chi connectivity index (χ4n) is 5.02. The summed E-state index contributed by atoms with van der Waals surface area (Å²) in [6, 6.07) is 4.80. The Bertz CT molecular complexity index is 1930. The van der Waals surface area contributed by atoms with Crippen molar-refractivity contribution in [2.45, 2.75) is 30.6 Å². The third-order valence-electron chi connectivity index (χ3n) is 7.70. The van der Waals surface area contributed by atoms with Crippen LogP contribution in [0.2, 0.25) is 0 Å². The number of carbonyl (C=O) groups is 2. The third-order valence-corrected chi connectivity index (χ3v) is 7.70. The van der Waals surface area contributed by atoms with Crippen molar-refractivity contribution >= 4 is 22.7 Å². The highest BCUT2D eigenvalue weighted by Crippen LogP contribution is 2.47. The largest absolute Gasteiger partial charge is 0.494 e. The minimum absolute atomic E-state index is 0.0516. The number of nitrogens with two attached hydrogens (primary N) is 1. The van der Waals surface area contributed by atoms with Gasteiger partial charge in [-0.3, -0.25) is 14.6 Å². The molecule has 2 aromatic heterocycles. The quantitative estimate of drug-likeness (QED) is 0.185. The predicted molar refractivity (Wildman–Crippen MR) is 146 cm³/mol. The average Bonchev–Trinajstić information content (AvgIpc) is 3.35. The standard InChI is InChI=1S/C30H21F9N4O4/c1-28(27(40)45)11-47-25-16(28)8-19(43-24(25)15-3-4-18(31)22(33)21(15)32)17(30(37,38)39)10-42-26(44)13-5-12-6-14(29(34,35)36)9-41-23(12)20(7-13)46-2/h3-9,17H,10-11H2,1-2H3,(H2,40,45)(H,42,44)/t17?,28-/m0/s1. The van der Waals surface area contributed by atoms with Gasteiger partial charge in [-0.2, -0.15) is 26.3 Å². The number of nitrogens with zero attached hydrogens (tertiary/aromatic N) is 2. The zero-order valence-corrected chi connectivity index (χ0v) is 24.0. The summed E-state index contributed by atoms with van der Waals surface area (Å²) in [5.74, 6) is -10.7. The summed E-state index contributed by atoms with van der Waals surface area (Å²) in [7, 11) is 1.14. The van der Waals surface area contributed by atoms with Gasteiger partial charge in [0.05, 0.1) is 18.4 Å². The molecule has 3 heterocycles. The maximum Gasteiger partial charge on any atom is 0.417 e. The Morgan fingerprint density at radius 3 is 2.38 bits per heavy atom.